The highest BCUT2D eigenvalue weighted by atomic mass is 79.9. The lowest BCUT2D eigenvalue weighted by Gasteiger charge is -2.23. The minimum absolute atomic E-state index is 0.00936. The Morgan fingerprint density at radius 3 is 2.75 bits per heavy atom. The molecule has 0 saturated carbocycles. The van der Waals surface area contributed by atoms with Gasteiger partial charge in [-0.15, -0.1) is 5.10 Å². The van der Waals surface area contributed by atoms with Crippen molar-refractivity contribution in [2.24, 2.45) is 0 Å². The lowest BCUT2D eigenvalue weighted by Crippen LogP contribution is -2.26. The van der Waals surface area contributed by atoms with E-state index in [9.17, 15) is 24.6 Å². The molecule has 2 aliphatic rings. The number of carbonyl (C=O) groups is 3. The Kier molecular flexibility index (Phi) is 9.83. The zero-order chi connectivity index (χ0) is 31.2. The van der Waals surface area contributed by atoms with Crippen molar-refractivity contribution in [3.05, 3.63) is 63.2 Å². The van der Waals surface area contributed by atoms with Gasteiger partial charge in [-0.2, -0.15) is 0 Å². The second-order valence-electron chi connectivity index (χ2n) is 10.8. The smallest absolute Gasteiger partial charge is 0.342 e. The van der Waals surface area contributed by atoms with E-state index in [0.717, 1.165) is 0 Å². The number of Topliss-reactive ketones (excluding diaryl/α,β-unsaturated/α-hetero) is 1. The van der Waals surface area contributed by atoms with Crippen LogP contribution < -0.4 is 14.8 Å². The summed E-state index contributed by atoms with van der Waals surface area (Å²) in [5.41, 5.74) is 0.672. The summed E-state index contributed by atoms with van der Waals surface area (Å²) in [7, 11) is 0. The van der Waals surface area contributed by atoms with Crippen molar-refractivity contribution < 1.29 is 38.8 Å². The molecule has 1 amide bonds. The fourth-order valence-electron chi connectivity index (χ4n) is 5.33. The van der Waals surface area contributed by atoms with Crippen LogP contribution in [0.25, 0.3) is 6.08 Å². The number of ether oxygens (including phenoxy) is 3. The molecule has 2 aliphatic heterocycles. The van der Waals surface area contributed by atoms with E-state index in [0.29, 0.717) is 66.1 Å². The van der Waals surface area contributed by atoms with Crippen molar-refractivity contribution in [3.8, 4) is 23.0 Å². The number of fused-ring (bicyclic) bond motifs is 2. The lowest BCUT2D eigenvalue weighted by molar-refractivity contribution is -0.121. The molecule has 5 rings (SSSR count). The van der Waals surface area contributed by atoms with Crippen molar-refractivity contribution in [2.75, 3.05) is 6.79 Å². The van der Waals surface area contributed by atoms with Crippen molar-refractivity contribution in [3.63, 3.8) is 0 Å². The van der Waals surface area contributed by atoms with Gasteiger partial charge >= 0.3 is 5.97 Å². The van der Waals surface area contributed by atoms with Crippen LogP contribution >= 0.6 is 15.9 Å². The summed E-state index contributed by atoms with van der Waals surface area (Å²) in [5, 5.41) is 32.4. The molecule has 3 heterocycles. The third-order valence-electron chi connectivity index (χ3n) is 7.55. The van der Waals surface area contributed by atoms with Gasteiger partial charge in [-0.3, -0.25) is 14.7 Å². The van der Waals surface area contributed by atoms with Crippen LogP contribution in [0, 0.1) is 0 Å². The fraction of sp³-hybridized carbons (Fsp3) is 0.387. The molecule has 2 atom stereocenters. The normalized spacial score (nSPS) is 17.8. The summed E-state index contributed by atoms with van der Waals surface area (Å²) in [5.74, 6) is -1.31. The quantitative estimate of drug-likeness (QED) is 0.261. The van der Waals surface area contributed by atoms with E-state index < -0.39 is 29.6 Å². The minimum Gasteiger partial charge on any atom is -0.507 e. The number of aromatic hydroxyl groups is 2. The molecular formula is C31H33BrN4O8. The number of nitrogens with one attached hydrogen (secondary N) is 2. The number of hydrogen-bond acceptors (Lipinski definition) is 10. The highest BCUT2D eigenvalue weighted by molar-refractivity contribution is 9.10. The molecule has 0 saturated heterocycles. The number of aromatic nitrogens is 3. The Bertz CT molecular complexity index is 1590. The summed E-state index contributed by atoms with van der Waals surface area (Å²) in [4.78, 5) is 43.0. The van der Waals surface area contributed by atoms with E-state index in [1.165, 1.54) is 6.07 Å². The zero-order valence-electron chi connectivity index (χ0n) is 24.1. The Balaban J connectivity index is 1.54. The second kappa shape index (κ2) is 13.9. The maximum absolute atomic E-state index is 13.5. The number of hydrogen-bond donors (Lipinski definition) is 4. The van der Waals surface area contributed by atoms with E-state index in [2.05, 4.69) is 36.4 Å². The number of halogens is 1. The Labute approximate surface area is 261 Å². The number of benzene rings is 2. The Morgan fingerprint density at radius 1 is 1.16 bits per heavy atom. The molecule has 0 fully saturated rings. The van der Waals surface area contributed by atoms with Crippen LogP contribution in [0.15, 0.2) is 35.1 Å². The second-order valence-corrected chi connectivity index (χ2v) is 11.5. The van der Waals surface area contributed by atoms with Gasteiger partial charge in [0.2, 0.25) is 17.4 Å². The van der Waals surface area contributed by atoms with Crippen molar-refractivity contribution in [1.29, 1.82) is 0 Å². The van der Waals surface area contributed by atoms with E-state index in [4.69, 9.17) is 14.2 Å². The first kappa shape index (κ1) is 31.0. The van der Waals surface area contributed by atoms with E-state index in [1.54, 1.807) is 37.3 Å². The number of aromatic amines is 1. The fourth-order valence-corrected chi connectivity index (χ4v) is 5.63. The lowest BCUT2D eigenvalue weighted by atomic mass is 9.84. The summed E-state index contributed by atoms with van der Waals surface area (Å²) in [6.45, 7) is 1.83. The van der Waals surface area contributed by atoms with Crippen molar-refractivity contribution in [1.82, 2.24) is 20.5 Å². The Hall–Kier alpha value is -4.39. The first-order chi connectivity index (χ1) is 21.2. The average molecular weight is 670 g/mol. The number of phenols is 2. The Morgan fingerprint density at radius 2 is 1.95 bits per heavy atom. The number of esters is 1. The summed E-state index contributed by atoms with van der Waals surface area (Å²) in [6.07, 6.45) is 5.84. The molecule has 3 aromatic rings. The molecular weight excluding hydrogens is 636 g/mol. The number of allylic oxidation sites excluding steroid dienone is 1. The molecule has 232 valence electrons. The van der Waals surface area contributed by atoms with Gasteiger partial charge in [-0.1, -0.05) is 18.2 Å². The van der Waals surface area contributed by atoms with Gasteiger partial charge in [0.1, 0.15) is 28.7 Å². The third-order valence-corrected chi connectivity index (χ3v) is 7.90. The van der Waals surface area contributed by atoms with Gasteiger partial charge in [0.15, 0.2) is 11.5 Å². The highest BCUT2D eigenvalue weighted by Crippen LogP contribution is 2.46. The largest absolute Gasteiger partial charge is 0.507 e. The number of nitrogens with zero attached hydrogens (tertiary/aromatic N) is 2. The number of ketones is 1. The first-order valence-corrected chi connectivity index (χ1v) is 15.2. The van der Waals surface area contributed by atoms with E-state index in [1.807, 2.05) is 0 Å². The topological polar surface area (TPSA) is 173 Å². The highest BCUT2D eigenvalue weighted by Gasteiger charge is 2.32. The van der Waals surface area contributed by atoms with Crippen molar-refractivity contribution >= 4 is 39.7 Å². The van der Waals surface area contributed by atoms with Crippen LogP contribution in [0.5, 0.6) is 23.0 Å². The van der Waals surface area contributed by atoms with Crippen LogP contribution in [0.1, 0.15) is 90.7 Å². The van der Waals surface area contributed by atoms with E-state index in [-0.39, 0.29) is 48.0 Å². The van der Waals surface area contributed by atoms with Gasteiger partial charge in [-0.05, 0) is 77.9 Å². The SMILES string of the molecule is C[C@H]1CCCC(=O)CCCC=Cc2cc(O)c(C(CC(=O)NCc3nc(Br)n[nH]3)c3ccc4c(c3)OCO4)c(O)c2C(=O)O1. The summed E-state index contributed by atoms with van der Waals surface area (Å²) < 4.78 is 17.0. The molecule has 0 radical (unpaired) electrons. The molecule has 4 N–H and O–H groups in total. The monoisotopic (exact) mass is 668 g/mol. The number of phenolic OH excluding ortho intramolecular Hbond substituents is 2. The number of cyclic esters (lactones) is 1. The molecule has 12 nitrogen and oxygen atoms in total. The minimum atomic E-state index is -0.899. The molecule has 2 aromatic carbocycles. The maximum Gasteiger partial charge on any atom is 0.342 e. The molecule has 13 heteroatoms. The number of carbonyl (C=O) groups excluding carboxylic acids is 3. The number of rotatable bonds is 6. The molecule has 1 unspecified atom stereocenters. The van der Waals surface area contributed by atoms with Crippen LogP contribution in [-0.4, -0.2) is 56.0 Å². The van der Waals surface area contributed by atoms with E-state index >= 15 is 0 Å². The van der Waals surface area contributed by atoms with Crippen LogP contribution in [0.4, 0.5) is 0 Å². The number of amides is 1. The standard InChI is InChI=1S/C31H33BrN4O8/c1-17-6-5-9-20(37)8-4-2-3-7-19-12-22(38)28(29(40)27(19)30(41)44-17)21(18-10-11-23-24(13-18)43-16-42-23)14-26(39)33-15-25-34-31(32)36-35-25/h3,7,10-13,17,21,38,40H,2,4-6,8-9,14-16H2,1H3,(H,33,39)(H,34,35,36)/t17-,21?/m0/s1. The van der Waals surface area contributed by atoms with Gasteiger partial charge < -0.3 is 29.7 Å². The van der Waals surface area contributed by atoms with Crippen LogP contribution in [-0.2, 0) is 20.9 Å². The van der Waals surface area contributed by atoms with Gasteiger partial charge in [0.25, 0.3) is 0 Å². The van der Waals surface area contributed by atoms with Crippen molar-refractivity contribution in [2.45, 2.75) is 70.4 Å². The maximum atomic E-state index is 13.5. The molecule has 44 heavy (non-hydrogen) atoms. The predicted octanol–water partition coefficient (Wildman–Crippen LogP) is 5.03. The predicted molar refractivity (Wildman–Crippen MR) is 161 cm³/mol. The molecule has 1 aromatic heterocycles. The molecule has 0 spiro atoms. The first-order valence-electron chi connectivity index (χ1n) is 14.4. The average Bonchev–Trinajstić information content (AvgIpc) is 3.62. The number of H-pyrrole nitrogens is 1. The van der Waals surface area contributed by atoms with Crippen LogP contribution in [0.3, 0.4) is 0 Å². The van der Waals surface area contributed by atoms with Gasteiger partial charge in [0, 0.05) is 30.7 Å². The van der Waals surface area contributed by atoms with Gasteiger partial charge in [-0.25, -0.2) is 9.78 Å². The van der Waals surface area contributed by atoms with Gasteiger partial charge in [0.05, 0.1) is 12.6 Å². The molecule has 0 bridgehead atoms. The molecule has 0 aliphatic carbocycles. The summed E-state index contributed by atoms with van der Waals surface area (Å²) in [6, 6.07) is 6.46. The summed E-state index contributed by atoms with van der Waals surface area (Å²) >= 11 is 3.16. The van der Waals surface area contributed by atoms with Crippen LogP contribution in [0.2, 0.25) is 0 Å². The zero-order valence-corrected chi connectivity index (χ0v) is 25.7. The third kappa shape index (κ3) is 7.39.